The van der Waals surface area contributed by atoms with Gasteiger partial charge in [-0.05, 0) is 24.8 Å². The van der Waals surface area contributed by atoms with Crippen LogP contribution in [0.25, 0.3) is 0 Å². The Morgan fingerprint density at radius 2 is 2.00 bits per heavy atom. The van der Waals surface area contributed by atoms with Gasteiger partial charge in [0.2, 0.25) is 0 Å². The van der Waals surface area contributed by atoms with Gasteiger partial charge in [0.05, 0.1) is 6.04 Å². The van der Waals surface area contributed by atoms with Crippen LogP contribution in [0.4, 0.5) is 8.78 Å². The van der Waals surface area contributed by atoms with Crippen LogP contribution in [0, 0.1) is 11.8 Å². The molecule has 11 heavy (non-hydrogen) atoms. The molecule has 0 saturated carbocycles. The van der Waals surface area contributed by atoms with Gasteiger partial charge in [0, 0.05) is 0 Å². The molecule has 0 bridgehead atoms. The molecule has 0 spiro atoms. The molecule has 1 fully saturated rings. The van der Waals surface area contributed by atoms with Gasteiger partial charge in [0.1, 0.15) is 0 Å². The molecule has 1 nitrogen and oxygen atoms in total. The highest BCUT2D eigenvalue weighted by atomic mass is 19.3. The predicted octanol–water partition coefficient (Wildman–Crippen LogP) is 1.89. The first kappa shape index (κ1) is 8.91. The van der Waals surface area contributed by atoms with Crippen LogP contribution in [-0.2, 0) is 0 Å². The molecule has 0 radical (unpaired) electrons. The van der Waals surface area contributed by atoms with E-state index in [9.17, 15) is 8.78 Å². The lowest BCUT2D eigenvalue weighted by Crippen LogP contribution is -2.28. The Hall–Kier alpha value is -0.180. The molecular weight excluding hydrogens is 148 g/mol. The first-order valence-corrected chi connectivity index (χ1v) is 4.12. The first-order chi connectivity index (χ1) is 5.11. The van der Waals surface area contributed by atoms with Crippen LogP contribution in [0.1, 0.15) is 20.3 Å². The summed E-state index contributed by atoms with van der Waals surface area (Å²) < 4.78 is 24.2. The van der Waals surface area contributed by atoms with E-state index < -0.39 is 12.5 Å². The monoisotopic (exact) mass is 163 g/mol. The van der Waals surface area contributed by atoms with Crippen molar-refractivity contribution in [3.8, 4) is 0 Å². The Morgan fingerprint density at radius 1 is 1.36 bits per heavy atom. The number of hydrogen-bond acceptors (Lipinski definition) is 1. The van der Waals surface area contributed by atoms with Crippen LogP contribution in [0.5, 0.6) is 0 Å². The molecule has 1 N–H and O–H groups in total. The minimum atomic E-state index is -2.20. The lowest BCUT2D eigenvalue weighted by atomic mass is 9.93. The molecule has 1 aliphatic heterocycles. The average Bonchev–Trinajstić information content (AvgIpc) is 2.33. The molecule has 1 heterocycles. The summed E-state index contributed by atoms with van der Waals surface area (Å²) in [6.45, 7) is 4.92. The van der Waals surface area contributed by atoms with Gasteiger partial charge in [0.15, 0.2) is 0 Å². The van der Waals surface area contributed by atoms with E-state index in [0.29, 0.717) is 18.3 Å². The molecule has 0 aromatic heterocycles. The lowest BCUT2D eigenvalue weighted by molar-refractivity contribution is 0.105. The third-order valence-corrected chi connectivity index (χ3v) is 2.45. The van der Waals surface area contributed by atoms with E-state index >= 15 is 0 Å². The Bertz CT molecular complexity index is 111. The van der Waals surface area contributed by atoms with E-state index in [1.54, 1.807) is 0 Å². The van der Waals surface area contributed by atoms with E-state index in [1.807, 2.05) is 0 Å². The number of halogens is 2. The Balaban J connectivity index is 2.35. The van der Waals surface area contributed by atoms with Crippen molar-refractivity contribution in [1.29, 1.82) is 0 Å². The maximum absolute atomic E-state index is 12.1. The molecule has 66 valence electrons. The van der Waals surface area contributed by atoms with Crippen LogP contribution in [0.3, 0.4) is 0 Å². The topological polar surface area (TPSA) is 12.0 Å². The van der Waals surface area contributed by atoms with Crippen molar-refractivity contribution >= 4 is 0 Å². The fourth-order valence-electron chi connectivity index (χ4n) is 1.50. The number of nitrogens with one attached hydrogen (secondary N) is 1. The largest absolute Gasteiger partial charge is 0.309 e. The van der Waals surface area contributed by atoms with Gasteiger partial charge in [-0.2, -0.15) is 0 Å². The summed E-state index contributed by atoms with van der Waals surface area (Å²) in [5, 5.41) is 2.84. The lowest BCUT2D eigenvalue weighted by Gasteiger charge is -2.12. The molecular formula is C8H15F2N. The zero-order chi connectivity index (χ0) is 8.43. The summed E-state index contributed by atoms with van der Waals surface area (Å²) >= 11 is 0. The van der Waals surface area contributed by atoms with Gasteiger partial charge in [0.25, 0.3) is 6.43 Å². The fourth-order valence-corrected chi connectivity index (χ4v) is 1.50. The molecule has 0 amide bonds. The van der Waals surface area contributed by atoms with Crippen LogP contribution in [-0.4, -0.2) is 19.0 Å². The highest BCUT2D eigenvalue weighted by molar-refractivity contribution is 4.84. The second kappa shape index (κ2) is 3.48. The third kappa shape index (κ3) is 2.12. The number of alkyl halides is 2. The van der Waals surface area contributed by atoms with Gasteiger partial charge >= 0.3 is 0 Å². The van der Waals surface area contributed by atoms with Crippen LogP contribution < -0.4 is 5.32 Å². The van der Waals surface area contributed by atoms with Gasteiger partial charge in [-0.15, -0.1) is 0 Å². The standard InChI is InChI=1S/C8H15F2N/c1-5(2)6-3-7(8(9)10)11-4-6/h5-8,11H,3-4H2,1-2H3. The minimum absolute atomic E-state index is 0.439. The summed E-state index contributed by atoms with van der Waals surface area (Å²) in [5.41, 5.74) is 0. The average molecular weight is 163 g/mol. The van der Waals surface area contributed by atoms with Crippen molar-refractivity contribution in [2.75, 3.05) is 6.54 Å². The highest BCUT2D eigenvalue weighted by Crippen LogP contribution is 2.24. The normalized spacial score (nSPS) is 32.2. The Kier molecular flexibility index (Phi) is 2.82. The van der Waals surface area contributed by atoms with Crippen molar-refractivity contribution in [3.05, 3.63) is 0 Å². The molecule has 0 aromatic carbocycles. The van der Waals surface area contributed by atoms with Crippen LogP contribution >= 0.6 is 0 Å². The Labute approximate surface area is 66.2 Å². The highest BCUT2D eigenvalue weighted by Gasteiger charge is 2.31. The van der Waals surface area contributed by atoms with E-state index in [2.05, 4.69) is 19.2 Å². The molecule has 1 rings (SSSR count). The van der Waals surface area contributed by atoms with E-state index in [1.165, 1.54) is 0 Å². The van der Waals surface area contributed by atoms with Gasteiger partial charge in [-0.1, -0.05) is 13.8 Å². The van der Waals surface area contributed by atoms with Gasteiger partial charge < -0.3 is 5.32 Å². The molecule has 0 aliphatic carbocycles. The number of hydrogen-bond donors (Lipinski definition) is 1. The van der Waals surface area contributed by atoms with E-state index in [0.717, 1.165) is 6.54 Å². The maximum atomic E-state index is 12.1. The second-order valence-electron chi connectivity index (χ2n) is 3.59. The third-order valence-electron chi connectivity index (χ3n) is 2.45. The fraction of sp³-hybridized carbons (Fsp3) is 1.00. The summed E-state index contributed by atoms with van der Waals surface area (Å²) in [6.07, 6.45) is -1.56. The summed E-state index contributed by atoms with van der Waals surface area (Å²) in [4.78, 5) is 0. The van der Waals surface area contributed by atoms with Crippen molar-refractivity contribution in [2.24, 2.45) is 11.8 Å². The molecule has 3 heteroatoms. The van der Waals surface area contributed by atoms with E-state index in [-0.39, 0.29) is 0 Å². The van der Waals surface area contributed by atoms with Crippen LogP contribution in [0.2, 0.25) is 0 Å². The van der Waals surface area contributed by atoms with E-state index in [4.69, 9.17) is 0 Å². The first-order valence-electron chi connectivity index (χ1n) is 4.12. The quantitative estimate of drug-likeness (QED) is 0.655. The molecule has 2 unspecified atom stereocenters. The zero-order valence-electron chi connectivity index (χ0n) is 6.98. The van der Waals surface area contributed by atoms with Crippen molar-refractivity contribution < 1.29 is 8.78 Å². The smallest absolute Gasteiger partial charge is 0.253 e. The summed E-state index contributed by atoms with van der Waals surface area (Å²) in [7, 11) is 0. The van der Waals surface area contributed by atoms with Crippen molar-refractivity contribution in [2.45, 2.75) is 32.7 Å². The molecule has 1 aliphatic rings. The maximum Gasteiger partial charge on any atom is 0.253 e. The minimum Gasteiger partial charge on any atom is -0.309 e. The predicted molar refractivity (Wildman–Crippen MR) is 40.7 cm³/mol. The van der Waals surface area contributed by atoms with Gasteiger partial charge in [-0.3, -0.25) is 0 Å². The zero-order valence-corrected chi connectivity index (χ0v) is 6.98. The SMILES string of the molecule is CC(C)C1CNC(C(F)F)C1. The van der Waals surface area contributed by atoms with Crippen molar-refractivity contribution in [3.63, 3.8) is 0 Å². The summed E-state index contributed by atoms with van der Waals surface area (Å²) in [6, 6.07) is -0.553. The Morgan fingerprint density at radius 3 is 2.27 bits per heavy atom. The van der Waals surface area contributed by atoms with Gasteiger partial charge in [-0.25, -0.2) is 8.78 Å². The number of rotatable bonds is 2. The molecule has 2 atom stereocenters. The molecule has 1 saturated heterocycles. The second-order valence-corrected chi connectivity index (χ2v) is 3.59. The summed E-state index contributed by atoms with van der Waals surface area (Å²) in [5.74, 6) is 0.959. The van der Waals surface area contributed by atoms with Crippen LogP contribution in [0.15, 0.2) is 0 Å². The molecule has 0 aromatic rings. The van der Waals surface area contributed by atoms with Crippen molar-refractivity contribution in [1.82, 2.24) is 5.32 Å².